The van der Waals surface area contributed by atoms with Crippen LogP contribution in [0.15, 0.2) is 18.2 Å². The second-order valence-electron chi connectivity index (χ2n) is 5.00. The number of aryl methyl sites for hydroxylation is 1. The Hall–Kier alpha value is -1.79. The molecule has 0 aromatic heterocycles. The molecule has 1 aliphatic rings. The smallest absolute Gasteiger partial charge is 0.251 e. The van der Waals surface area contributed by atoms with Crippen molar-refractivity contribution in [3.63, 3.8) is 0 Å². The van der Waals surface area contributed by atoms with Crippen molar-refractivity contribution in [3.05, 3.63) is 34.9 Å². The molecule has 3 heteroatoms. The first kappa shape index (κ1) is 13.6. The molecular formula is C16H19NO2. The Morgan fingerprint density at radius 1 is 1.47 bits per heavy atom. The second-order valence-corrected chi connectivity index (χ2v) is 5.00. The molecule has 0 atom stereocenters. The van der Waals surface area contributed by atoms with Crippen molar-refractivity contribution >= 4 is 5.91 Å². The van der Waals surface area contributed by atoms with Gasteiger partial charge in [0.1, 0.15) is 6.61 Å². The summed E-state index contributed by atoms with van der Waals surface area (Å²) in [6.07, 6.45) is 3.73. The summed E-state index contributed by atoms with van der Waals surface area (Å²) in [6.45, 7) is 2.52. The van der Waals surface area contributed by atoms with E-state index in [1.807, 2.05) is 19.1 Å². The van der Waals surface area contributed by atoms with E-state index in [-0.39, 0.29) is 12.5 Å². The lowest BCUT2D eigenvalue weighted by Gasteiger charge is -2.25. The SMILES string of the molecule is Cc1ccc(C#CCO)cc1C(=O)NCC1CCC1. The first-order chi connectivity index (χ1) is 9.20. The molecule has 0 unspecified atom stereocenters. The zero-order valence-electron chi connectivity index (χ0n) is 11.2. The van der Waals surface area contributed by atoms with Crippen LogP contribution in [-0.4, -0.2) is 24.2 Å². The van der Waals surface area contributed by atoms with Crippen LogP contribution in [0, 0.1) is 24.7 Å². The van der Waals surface area contributed by atoms with Gasteiger partial charge in [0.05, 0.1) is 0 Å². The van der Waals surface area contributed by atoms with Gasteiger partial charge in [-0.25, -0.2) is 0 Å². The lowest BCUT2D eigenvalue weighted by molar-refractivity contribution is 0.0938. The topological polar surface area (TPSA) is 49.3 Å². The minimum Gasteiger partial charge on any atom is -0.384 e. The highest BCUT2D eigenvalue weighted by Crippen LogP contribution is 2.25. The van der Waals surface area contributed by atoms with Crippen LogP contribution in [0.1, 0.15) is 40.7 Å². The van der Waals surface area contributed by atoms with Gasteiger partial charge >= 0.3 is 0 Å². The van der Waals surface area contributed by atoms with Gasteiger partial charge in [-0.2, -0.15) is 0 Å². The lowest BCUT2D eigenvalue weighted by atomic mass is 9.85. The Morgan fingerprint density at radius 3 is 2.89 bits per heavy atom. The Balaban J connectivity index is 2.05. The number of hydrogen-bond acceptors (Lipinski definition) is 2. The van der Waals surface area contributed by atoms with Gasteiger partial charge in [0, 0.05) is 17.7 Å². The summed E-state index contributed by atoms with van der Waals surface area (Å²) in [5.74, 6) is 6.04. The molecule has 1 fully saturated rings. The summed E-state index contributed by atoms with van der Waals surface area (Å²) in [4.78, 5) is 12.1. The Labute approximate surface area is 114 Å². The molecule has 19 heavy (non-hydrogen) atoms. The van der Waals surface area contributed by atoms with Crippen LogP contribution in [-0.2, 0) is 0 Å². The standard InChI is InChI=1S/C16H19NO2/c1-12-7-8-13(6-3-9-18)10-15(12)16(19)17-11-14-4-2-5-14/h7-8,10,14,18H,2,4-5,9,11H2,1H3,(H,17,19). The maximum absolute atomic E-state index is 12.1. The first-order valence-electron chi connectivity index (χ1n) is 6.69. The lowest BCUT2D eigenvalue weighted by Crippen LogP contribution is -2.32. The van der Waals surface area contributed by atoms with E-state index in [4.69, 9.17) is 5.11 Å². The van der Waals surface area contributed by atoms with Crippen molar-refractivity contribution in [1.82, 2.24) is 5.32 Å². The maximum Gasteiger partial charge on any atom is 0.251 e. The van der Waals surface area contributed by atoms with Gasteiger partial charge in [0.2, 0.25) is 0 Å². The molecule has 2 rings (SSSR count). The molecule has 0 bridgehead atoms. The molecule has 2 N–H and O–H groups in total. The number of rotatable bonds is 3. The maximum atomic E-state index is 12.1. The van der Waals surface area contributed by atoms with Crippen LogP contribution in [0.25, 0.3) is 0 Å². The molecule has 0 saturated heterocycles. The number of hydrogen-bond donors (Lipinski definition) is 2. The molecule has 1 aromatic carbocycles. The van der Waals surface area contributed by atoms with E-state index in [1.54, 1.807) is 6.07 Å². The molecule has 0 radical (unpaired) electrons. The van der Waals surface area contributed by atoms with Gasteiger partial charge < -0.3 is 10.4 Å². The minimum atomic E-state index is -0.170. The van der Waals surface area contributed by atoms with Crippen molar-refractivity contribution in [1.29, 1.82) is 0 Å². The van der Waals surface area contributed by atoms with Gasteiger partial charge in [0.25, 0.3) is 5.91 Å². The Morgan fingerprint density at radius 2 is 2.26 bits per heavy atom. The summed E-state index contributed by atoms with van der Waals surface area (Å²) in [5, 5.41) is 11.7. The summed E-state index contributed by atoms with van der Waals surface area (Å²) >= 11 is 0. The molecule has 1 saturated carbocycles. The second kappa shape index (κ2) is 6.40. The monoisotopic (exact) mass is 257 g/mol. The highest BCUT2D eigenvalue weighted by molar-refractivity contribution is 5.96. The largest absolute Gasteiger partial charge is 0.384 e. The number of carbonyl (C=O) groups excluding carboxylic acids is 1. The normalized spacial score (nSPS) is 14.2. The molecule has 100 valence electrons. The highest BCUT2D eigenvalue weighted by atomic mass is 16.2. The molecular weight excluding hydrogens is 238 g/mol. The van der Waals surface area contributed by atoms with Crippen LogP contribution in [0.2, 0.25) is 0 Å². The molecule has 0 aliphatic heterocycles. The van der Waals surface area contributed by atoms with Crippen LogP contribution < -0.4 is 5.32 Å². The number of aliphatic hydroxyl groups excluding tert-OH is 1. The van der Waals surface area contributed by atoms with E-state index < -0.39 is 0 Å². The number of carbonyl (C=O) groups is 1. The molecule has 0 spiro atoms. The zero-order valence-corrected chi connectivity index (χ0v) is 11.2. The number of nitrogens with one attached hydrogen (secondary N) is 1. The Bertz CT molecular complexity index is 521. The van der Waals surface area contributed by atoms with Gasteiger partial charge in [-0.15, -0.1) is 0 Å². The average molecular weight is 257 g/mol. The van der Waals surface area contributed by atoms with Crippen LogP contribution in [0.5, 0.6) is 0 Å². The van der Waals surface area contributed by atoms with Crippen molar-refractivity contribution in [2.45, 2.75) is 26.2 Å². The van der Waals surface area contributed by atoms with Crippen molar-refractivity contribution in [3.8, 4) is 11.8 Å². The third-order valence-corrected chi connectivity index (χ3v) is 3.57. The summed E-state index contributed by atoms with van der Waals surface area (Å²) in [6, 6.07) is 5.54. The third kappa shape index (κ3) is 3.59. The Kier molecular flexibility index (Phi) is 4.59. The van der Waals surface area contributed by atoms with E-state index in [0.29, 0.717) is 11.5 Å². The fourth-order valence-electron chi connectivity index (χ4n) is 2.12. The number of amides is 1. The molecule has 1 aliphatic carbocycles. The van der Waals surface area contributed by atoms with E-state index in [2.05, 4.69) is 17.2 Å². The highest BCUT2D eigenvalue weighted by Gasteiger charge is 2.18. The van der Waals surface area contributed by atoms with Gasteiger partial charge in [-0.3, -0.25) is 4.79 Å². The zero-order chi connectivity index (χ0) is 13.7. The predicted octanol–water partition coefficient (Wildman–Crippen LogP) is 1.87. The average Bonchev–Trinajstić information content (AvgIpc) is 2.35. The fraction of sp³-hybridized carbons (Fsp3) is 0.438. The fourth-order valence-corrected chi connectivity index (χ4v) is 2.12. The van der Waals surface area contributed by atoms with Gasteiger partial charge in [-0.05, 0) is 43.4 Å². The van der Waals surface area contributed by atoms with E-state index in [0.717, 1.165) is 17.7 Å². The summed E-state index contributed by atoms with van der Waals surface area (Å²) in [5.41, 5.74) is 2.37. The summed E-state index contributed by atoms with van der Waals surface area (Å²) in [7, 11) is 0. The minimum absolute atomic E-state index is 0.0305. The first-order valence-corrected chi connectivity index (χ1v) is 6.69. The van der Waals surface area contributed by atoms with Crippen molar-refractivity contribution in [2.75, 3.05) is 13.2 Å². The quantitative estimate of drug-likeness (QED) is 0.812. The number of aliphatic hydroxyl groups is 1. The van der Waals surface area contributed by atoms with E-state index in [1.165, 1.54) is 19.3 Å². The number of benzene rings is 1. The summed E-state index contributed by atoms with van der Waals surface area (Å²) < 4.78 is 0. The molecule has 1 amide bonds. The van der Waals surface area contributed by atoms with Crippen LogP contribution in [0.4, 0.5) is 0 Å². The van der Waals surface area contributed by atoms with Crippen LogP contribution >= 0.6 is 0 Å². The van der Waals surface area contributed by atoms with Crippen molar-refractivity contribution in [2.24, 2.45) is 5.92 Å². The van der Waals surface area contributed by atoms with Crippen molar-refractivity contribution < 1.29 is 9.90 Å². The van der Waals surface area contributed by atoms with E-state index in [9.17, 15) is 4.79 Å². The predicted molar refractivity (Wildman–Crippen MR) is 74.8 cm³/mol. The molecule has 1 aromatic rings. The van der Waals surface area contributed by atoms with E-state index >= 15 is 0 Å². The van der Waals surface area contributed by atoms with Gasteiger partial charge in [0.15, 0.2) is 0 Å². The third-order valence-electron chi connectivity index (χ3n) is 3.57. The molecule has 3 nitrogen and oxygen atoms in total. The molecule has 0 heterocycles. The van der Waals surface area contributed by atoms with Gasteiger partial charge in [-0.1, -0.05) is 24.3 Å². The van der Waals surface area contributed by atoms with Crippen LogP contribution in [0.3, 0.4) is 0 Å².